The second-order valence-corrected chi connectivity index (χ2v) is 13.2. The summed E-state index contributed by atoms with van der Waals surface area (Å²) in [5.74, 6) is 1.15. The monoisotopic (exact) mass is 543 g/mol. The summed E-state index contributed by atoms with van der Waals surface area (Å²) >= 11 is 5.92. The van der Waals surface area contributed by atoms with Gasteiger partial charge in [-0.2, -0.15) is 4.31 Å². The molecule has 0 saturated carbocycles. The van der Waals surface area contributed by atoms with Crippen molar-refractivity contribution in [3.63, 3.8) is 0 Å². The molecular formula is C29H38ClN3O3S. The molecule has 0 aromatic heterocycles. The number of piperidine rings is 3. The molecule has 5 rings (SSSR count). The van der Waals surface area contributed by atoms with Crippen molar-refractivity contribution >= 4 is 27.5 Å². The molecule has 3 aliphatic heterocycles. The van der Waals surface area contributed by atoms with Crippen LogP contribution in [0.3, 0.4) is 0 Å². The first-order valence-corrected chi connectivity index (χ1v) is 15.5. The molecule has 3 saturated heterocycles. The summed E-state index contributed by atoms with van der Waals surface area (Å²) in [7, 11) is -3.48. The lowest BCUT2D eigenvalue weighted by Gasteiger charge is -2.42. The zero-order chi connectivity index (χ0) is 25.8. The summed E-state index contributed by atoms with van der Waals surface area (Å²) in [5, 5.41) is 0.534. The fraction of sp³-hybridized carbons (Fsp3) is 0.552. The Morgan fingerprint density at radius 2 is 1.41 bits per heavy atom. The highest BCUT2D eigenvalue weighted by molar-refractivity contribution is 7.89. The summed E-state index contributed by atoms with van der Waals surface area (Å²) in [4.78, 5) is 18.1. The summed E-state index contributed by atoms with van der Waals surface area (Å²) in [6.45, 7) is 4.69. The molecule has 3 fully saturated rings. The molecule has 1 amide bonds. The van der Waals surface area contributed by atoms with E-state index < -0.39 is 10.0 Å². The average Bonchev–Trinajstić information content (AvgIpc) is 2.94. The van der Waals surface area contributed by atoms with Crippen LogP contribution in [0.25, 0.3) is 0 Å². The smallest absolute Gasteiger partial charge is 0.243 e. The van der Waals surface area contributed by atoms with Gasteiger partial charge in [-0.25, -0.2) is 8.42 Å². The Balaban J connectivity index is 1.05. The van der Waals surface area contributed by atoms with Gasteiger partial charge in [-0.15, -0.1) is 0 Å². The van der Waals surface area contributed by atoms with E-state index in [-0.39, 0.29) is 5.92 Å². The summed E-state index contributed by atoms with van der Waals surface area (Å²) in [5.41, 5.74) is 1.40. The van der Waals surface area contributed by atoms with Crippen molar-refractivity contribution in [2.24, 2.45) is 11.8 Å². The van der Waals surface area contributed by atoms with E-state index in [0.717, 1.165) is 71.1 Å². The maximum atomic E-state index is 13.2. The molecule has 200 valence electrons. The van der Waals surface area contributed by atoms with Crippen LogP contribution in [0.1, 0.15) is 44.1 Å². The Labute approximate surface area is 226 Å². The number of carbonyl (C=O) groups is 1. The number of hydrogen-bond acceptors (Lipinski definition) is 4. The maximum Gasteiger partial charge on any atom is 0.243 e. The van der Waals surface area contributed by atoms with E-state index in [9.17, 15) is 13.2 Å². The number of amides is 1. The lowest BCUT2D eigenvalue weighted by atomic mass is 9.88. The molecule has 0 aliphatic carbocycles. The number of carbonyl (C=O) groups excluding carboxylic acids is 1. The molecule has 0 unspecified atom stereocenters. The molecule has 2 aromatic carbocycles. The average molecular weight is 544 g/mol. The van der Waals surface area contributed by atoms with E-state index in [1.54, 1.807) is 28.6 Å². The van der Waals surface area contributed by atoms with Crippen LogP contribution in [-0.2, 0) is 21.2 Å². The minimum Gasteiger partial charge on any atom is -0.342 e. The fourth-order valence-electron chi connectivity index (χ4n) is 6.28. The van der Waals surface area contributed by atoms with Crippen molar-refractivity contribution in [3.05, 3.63) is 65.2 Å². The second-order valence-electron chi connectivity index (χ2n) is 10.9. The van der Waals surface area contributed by atoms with Gasteiger partial charge in [0.05, 0.1) is 4.90 Å². The number of benzene rings is 2. The lowest BCUT2D eigenvalue weighted by molar-refractivity contribution is -0.138. The minimum atomic E-state index is -3.48. The number of nitrogens with zero attached hydrogens (tertiary/aromatic N) is 3. The number of hydrogen-bond donors (Lipinski definition) is 0. The molecule has 0 N–H and O–H groups in total. The molecular weight excluding hydrogens is 506 g/mol. The van der Waals surface area contributed by atoms with E-state index >= 15 is 0 Å². The normalized spacial score (nSPS) is 21.8. The number of likely N-dealkylation sites (tertiary alicyclic amines) is 2. The van der Waals surface area contributed by atoms with Gasteiger partial charge in [0.15, 0.2) is 0 Å². The third-order valence-corrected chi connectivity index (χ3v) is 10.7. The van der Waals surface area contributed by atoms with Crippen molar-refractivity contribution in [1.29, 1.82) is 0 Å². The summed E-state index contributed by atoms with van der Waals surface area (Å²) in [6.07, 6.45) is 6.79. The highest BCUT2D eigenvalue weighted by Crippen LogP contribution is 2.29. The third-order valence-electron chi connectivity index (χ3n) is 8.56. The first kappa shape index (κ1) is 26.7. The molecule has 3 aliphatic rings. The lowest BCUT2D eigenvalue weighted by Crippen LogP contribution is -2.51. The first-order chi connectivity index (χ1) is 17.9. The van der Waals surface area contributed by atoms with E-state index in [1.165, 1.54) is 5.56 Å². The van der Waals surface area contributed by atoms with E-state index in [1.807, 2.05) is 0 Å². The Bertz CT molecular complexity index is 1130. The van der Waals surface area contributed by atoms with Crippen LogP contribution in [-0.4, -0.2) is 73.7 Å². The van der Waals surface area contributed by atoms with Crippen LogP contribution in [0.5, 0.6) is 0 Å². The van der Waals surface area contributed by atoms with E-state index in [4.69, 9.17) is 11.6 Å². The molecule has 37 heavy (non-hydrogen) atoms. The highest BCUT2D eigenvalue weighted by Gasteiger charge is 2.35. The van der Waals surface area contributed by atoms with Gasteiger partial charge in [0.2, 0.25) is 15.9 Å². The highest BCUT2D eigenvalue weighted by atomic mass is 35.5. The Morgan fingerprint density at radius 1 is 0.784 bits per heavy atom. The van der Waals surface area contributed by atoms with Gasteiger partial charge in [0.1, 0.15) is 0 Å². The van der Waals surface area contributed by atoms with Crippen LogP contribution in [0.15, 0.2) is 59.5 Å². The molecule has 0 bridgehead atoms. The second kappa shape index (κ2) is 11.9. The van der Waals surface area contributed by atoms with Crippen LogP contribution in [0, 0.1) is 11.8 Å². The largest absolute Gasteiger partial charge is 0.342 e. The van der Waals surface area contributed by atoms with E-state index in [0.29, 0.717) is 40.9 Å². The SMILES string of the molecule is O=C(C1CCN(C2CCN(S(=O)(=O)c3ccc(Cl)cc3)CC2)CC1)N1CCC(Cc2ccccc2)CC1. The van der Waals surface area contributed by atoms with Crippen LogP contribution in [0.4, 0.5) is 0 Å². The van der Waals surface area contributed by atoms with Gasteiger partial charge < -0.3 is 9.80 Å². The Morgan fingerprint density at radius 3 is 2.03 bits per heavy atom. The van der Waals surface area contributed by atoms with Crippen molar-refractivity contribution in [2.75, 3.05) is 39.3 Å². The first-order valence-electron chi connectivity index (χ1n) is 13.7. The Hall–Kier alpha value is -1.93. The Kier molecular flexibility index (Phi) is 8.54. The molecule has 0 radical (unpaired) electrons. The predicted octanol–water partition coefficient (Wildman–Crippen LogP) is 4.69. The zero-order valence-electron chi connectivity index (χ0n) is 21.5. The van der Waals surface area contributed by atoms with Gasteiger partial charge in [-0.05, 0) is 93.8 Å². The van der Waals surface area contributed by atoms with Crippen LogP contribution >= 0.6 is 11.6 Å². The molecule has 0 atom stereocenters. The standard InChI is InChI=1S/C29H38ClN3O3S/c30-26-6-8-28(9-7-26)37(35,36)33-20-14-27(15-21-33)31-18-12-25(13-19-31)29(34)32-16-10-24(11-17-32)22-23-4-2-1-3-5-23/h1-9,24-25,27H,10-22H2. The number of rotatable bonds is 6. The van der Waals surface area contributed by atoms with Gasteiger partial charge in [-0.1, -0.05) is 41.9 Å². The molecule has 6 nitrogen and oxygen atoms in total. The van der Waals surface area contributed by atoms with E-state index in [2.05, 4.69) is 40.1 Å². The van der Waals surface area contributed by atoms with Gasteiger partial charge in [0.25, 0.3) is 0 Å². The predicted molar refractivity (Wildman–Crippen MR) is 147 cm³/mol. The van der Waals surface area contributed by atoms with Gasteiger partial charge >= 0.3 is 0 Å². The van der Waals surface area contributed by atoms with Crippen LogP contribution in [0.2, 0.25) is 5.02 Å². The van der Waals surface area contributed by atoms with Crippen molar-refractivity contribution in [1.82, 2.24) is 14.1 Å². The molecule has 3 heterocycles. The van der Waals surface area contributed by atoms with Gasteiger partial charge in [0, 0.05) is 43.2 Å². The van der Waals surface area contributed by atoms with Crippen molar-refractivity contribution in [2.45, 2.75) is 55.9 Å². The topological polar surface area (TPSA) is 60.9 Å². The molecule has 0 spiro atoms. The quantitative estimate of drug-likeness (QED) is 0.530. The minimum absolute atomic E-state index is 0.132. The molecule has 2 aromatic rings. The number of sulfonamides is 1. The fourth-order valence-corrected chi connectivity index (χ4v) is 7.87. The number of halogens is 1. The molecule has 8 heteroatoms. The van der Waals surface area contributed by atoms with Crippen LogP contribution < -0.4 is 0 Å². The summed E-state index contributed by atoms with van der Waals surface area (Å²) in [6, 6.07) is 17.5. The summed E-state index contributed by atoms with van der Waals surface area (Å²) < 4.78 is 27.6. The van der Waals surface area contributed by atoms with Crippen molar-refractivity contribution in [3.8, 4) is 0 Å². The zero-order valence-corrected chi connectivity index (χ0v) is 23.0. The van der Waals surface area contributed by atoms with Crippen molar-refractivity contribution < 1.29 is 13.2 Å². The third kappa shape index (κ3) is 6.39. The van der Waals surface area contributed by atoms with Gasteiger partial charge in [-0.3, -0.25) is 4.79 Å². The maximum absolute atomic E-state index is 13.2.